The minimum absolute atomic E-state index is 0.228. The van der Waals surface area contributed by atoms with Crippen molar-refractivity contribution in [1.29, 1.82) is 0 Å². The SMILES string of the molecule is CCCCN(CCCN(C)C)C(=O)CN1CC(c2cc(OC)c3c(c2)OCO3)C[C@@H]1CCC1CCCCO1.CSC(=O)O. The molecule has 11 heteroatoms. The van der Waals surface area contributed by atoms with Gasteiger partial charge in [-0.1, -0.05) is 13.3 Å². The highest BCUT2D eigenvalue weighted by atomic mass is 32.2. The van der Waals surface area contributed by atoms with Crippen LogP contribution in [0.1, 0.15) is 76.2 Å². The Bertz CT molecular complexity index is 1010. The van der Waals surface area contributed by atoms with Crippen molar-refractivity contribution in [3.05, 3.63) is 17.7 Å². The fraction of sp³-hybridized carbons (Fsp3) is 0.750. The summed E-state index contributed by atoms with van der Waals surface area (Å²) in [7, 11) is 5.86. The molecule has 0 aromatic heterocycles. The number of benzene rings is 1. The summed E-state index contributed by atoms with van der Waals surface area (Å²) < 4.78 is 23.0. The third kappa shape index (κ3) is 11.3. The van der Waals surface area contributed by atoms with Crippen LogP contribution >= 0.6 is 11.8 Å². The van der Waals surface area contributed by atoms with Crippen molar-refractivity contribution in [2.45, 2.75) is 82.8 Å². The fourth-order valence-corrected chi connectivity index (χ4v) is 6.08. The average Bonchev–Trinajstić information content (AvgIpc) is 3.65. The summed E-state index contributed by atoms with van der Waals surface area (Å²) in [5, 5.41) is 6.86. The summed E-state index contributed by atoms with van der Waals surface area (Å²) in [6.45, 7) is 7.33. The Morgan fingerprint density at radius 2 is 1.88 bits per heavy atom. The van der Waals surface area contributed by atoms with Gasteiger partial charge in [0.2, 0.25) is 18.4 Å². The highest BCUT2D eigenvalue weighted by Crippen LogP contribution is 2.45. The summed E-state index contributed by atoms with van der Waals surface area (Å²) in [4.78, 5) is 29.7. The Labute approximate surface area is 262 Å². The molecule has 3 atom stereocenters. The lowest BCUT2D eigenvalue weighted by atomic mass is 9.93. The molecule has 3 aliphatic rings. The molecule has 3 heterocycles. The van der Waals surface area contributed by atoms with Crippen molar-refractivity contribution in [3.8, 4) is 17.2 Å². The van der Waals surface area contributed by atoms with E-state index in [1.54, 1.807) is 7.11 Å². The maximum Gasteiger partial charge on any atom is 0.364 e. The summed E-state index contributed by atoms with van der Waals surface area (Å²) >= 11 is 0.796. The number of fused-ring (bicyclic) bond motifs is 1. The van der Waals surface area contributed by atoms with Gasteiger partial charge in [0.1, 0.15) is 0 Å². The number of methoxy groups -OCH3 is 1. The molecule has 0 aliphatic carbocycles. The number of likely N-dealkylation sites (tertiary alicyclic amines) is 1. The van der Waals surface area contributed by atoms with Gasteiger partial charge in [0.05, 0.1) is 19.8 Å². The van der Waals surface area contributed by atoms with E-state index in [1.807, 2.05) is 0 Å². The van der Waals surface area contributed by atoms with Crippen molar-refractivity contribution >= 4 is 23.0 Å². The molecule has 10 nitrogen and oxygen atoms in total. The van der Waals surface area contributed by atoms with E-state index in [1.165, 1.54) is 24.7 Å². The summed E-state index contributed by atoms with van der Waals surface area (Å²) in [6, 6.07) is 4.57. The van der Waals surface area contributed by atoms with Crippen LogP contribution in [0.5, 0.6) is 17.2 Å². The molecule has 0 saturated carbocycles. The fourth-order valence-electron chi connectivity index (χ4n) is 6.08. The maximum absolute atomic E-state index is 13.6. The smallest absolute Gasteiger partial charge is 0.364 e. The third-order valence-electron chi connectivity index (χ3n) is 8.46. The molecule has 0 bridgehead atoms. The van der Waals surface area contributed by atoms with Gasteiger partial charge in [-0.3, -0.25) is 9.69 Å². The molecule has 244 valence electrons. The van der Waals surface area contributed by atoms with Crippen LogP contribution in [0.3, 0.4) is 0 Å². The summed E-state index contributed by atoms with van der Waals surface area (Å²) in [6.07, 6.45) is 11.8. The first kappa shape index (κ1) is 35.3. The summed E-state index contributed by atoms with van der Waals surface area (Å²) in [5.74, 6) is 2.76. The molecule has 1 aromatic carbocycles. The normalized spacial score (nSPS) is 21.4. The number of nitrogens with zero attached hydrogens (tertiary/aromatic N) is 3. The van der Waals surface area contributed by atoms with Crippen LogP contribution in [0.4, 0.5) is 4.79 Å². The van der Waals surface area contributed by atoms with Crippen LogP contribution in [0.25, 0.3) is 0 Å². The van der Waals surface area contributed by atoms with Crippen LogP contribution < -0.4 is 14.2 Å². The van der Waals surface area contributed by atoms with Gasteiger partial charge in [-0.05, 0) is 114 Å². The van der Waals surface area contributed by atoms with E-state index in [-0.39, 0.29) is 12.7 Å². The number of ether oxygens (including phenoxy) is 4. The number of carbonyl (C=O) groups excluding carboxylic acids is 1. The van der Waals surface area contributed by atoms with Crippen molar-refractivity contribution in [2.75, 3.05) is 73.6 Å². The van der Waals surface area contributed by atoms with Crippen molar-refractivity contribution in [1.82, 2.24) is 14.7 Å². The van der Waals surface area contributed by atoms with Crippen molar-refractivity contribution in [3.63, 3.8) is 0 Å². The lowest BCUT2D eigenvalue weighted by Crippen LogP contribution is -2.43. The van der Waals surface area contributed by atoms with Crippen LogP contribution in [0.15, 0.2) is 12.1 Å². The molecule has 3 aliphatic heterocycles. The minimum Gasteiger partial charge on any atom is -0.493 e. The topological polar surface area (TPSA) is 101 Å². The first-order chi connectivity index (χ1) is 20.7. The van der Waals surface area contributed by atoms with Crippen LogP contribution in [0, 0.1) is 0 Å². The Balaban J connectivity index is 0.000000934. The Hall–Kier alpha value is -2.21. The third-order valence-corrected chi connectivity index (χ3v) is 8.81. The molecular formula is C32H53N3O7S. The number of hydrogen-bond acceptors (Lipinski definition) is 9. The molecule has 0 spiro atoms. The lowest BCUT2D eigenvalue weighted by Gasteiger charge is -2.30. The Kier molecular flexibility index (Phi) is 15.2. The van der Waals surface area contributed by atoms with Gasteiger partial charge < -0.3 is 33.9 Å². The van der Waals surface area contributed by atoms with E-state index in [4.69, 9.17) is 24.1 Å². The van der Waals surface area contributed by atoms with E-state index in [2.05, 4.69) is 47.9 Å². The second-order valence-corrected chi connectivity index (χ2v) is 12.7. The number of carbonyl (C=O) groups is 2. The molecule has 1 amide bonds. The number of thioether (sulfide) groups is 1. The molecular weight excluding hydrogens is 570 g/mol. The van der Waals surface area contributed by atoms with Gasteiger partial charge in [0.15, 0.2) is 11.5 Å². The quantitative estimate of drug-likeness (QED) is 0.284. The second kappa shape index (κ2) is 18.6. The molecule has 0 radical (unpaired) electrons. The number of hydrogen-bond donors (Lipinski definition) is 1. The van der Waals surface area contributed by atoms with Gasteiger partial charge in [-0.25, -0.2) is 4.79 Å². The highest BCUT2D eigenvalue weighted by Gasteiger charge is 2.36. The van der Waals surface area contributed by atoms with E-state index in [0.29, 0.717) is 30.4 Å². The number of unbranched alkanes of at least 4 members (excludes halogenated alkanes) is 1. The monoisotopic (exact) mass is 623 g/mol. The van der Waals surface area contributed by atoms with E-state index < -0.39 is 5.30 Å². The zero-order chi connectivity index (χ0) is 31.2. The molecule has 4 rings (SSSR count). The van der Waals surface area contributed by atoms with E-state index >= 15 is 0 Å². The van der Waals surface area contributed by atoms with Gasteiger partial charge in [0.25, 0.3) is 0 Å². The predicted octanol–water partition coefficient (Wildman–Crippen LogP) is 5.54. The number of amides is 1. The number of rotatable bonds is 14. The van der Waals surface area contributed by atoms with Crippen LogP contribution in [-0.4, -0.2) is 117 Å². The Morgan fingerprint density at radius 1 is 1.12 bits per heavy atom. The standard InChI is InChI=1S/C30H49N3O5.C2H4O2S/c1-5-6-14-32(15-9-13-31(2)3)29(34)21-33-20-24(17-25(33)11-12-26-10-7-8-16-36-26)23-18-27(35-4)30-28(19-23)37-22-38-30;1-5-2(3)4/h18-19,24-26H,5-17,20-22H2,1-4H3;1H3,(H,3,4)/t24?,25-,26?;/m0./s1. The predicted molar refractivity (Wildman–Crippen MR) is 171 cm³/mol. The van der Waals surface area contributed by atoms with Crippen LogP contribution in [-0.2, 0) is 9.53 Å². The average molecular weight is 624 g/mol. The van der Waals surface area contributed by atoms with E-state index in [9.17, 15) is 9.59 Å². The molecule has 1 N–H and O–H groups in total. The molecule has 43 heavy (non-hydrogen) atoms. The minimum atomic E-state index is -0.829. The van der Waals surface area contributed by atoms with Gasteiger partial charge in [0, 0.05) is 32.3 Å². The maximum atomic E-state index is 13.6. The van der Waals surface area contributed by atoms with E-state index in [0.717, 1.165) is 101 Å². The van der Waals surface area contributed by atoms with Crippen molar-refractivity contribution < 1.29 is 33.6 Å². The molecule has 2 fully saturated rings. The highest BCUT2D eigenvalue weighted by molar-refractivity contribution is 8.12. The van der Waals surface area contributed by atoms with Gasteiger partial charge in [-0.15, -0.1) is 0 Å². The first-order valence-electron chi connectivity index (χ1n) is 15.8. The summed E-state index contributed by atoms with van der Waals surface area (Å²) in [5.41, 5.74) is 1.20. The molecule has 2 saturated heterocycles. The molecule has 2 unspecified atom stereocenters. The number of carboxylic acid groups (broad SMARTS) is 1. The first-order valence-corrected chi connectivity index (χ1v) is 17.0. The zero-order valence-electron chi connectivity index (χ0n) is 26.8. The largest absolute Gasteiger partial charge is 0.493 e. The van der Waals surface area contributed by atoms with Gasteiger partial charge >= 0.3 is 5.30 Å². The van der Waals surface area contributed by atoms with Gasteiger partial charge in [-0.2, -0.15) is 0 Å². The lowest BCUT2D eigenvalue weighted by molar-refractivity contribution is -0.133. The van der Waals surface area contributed by atoms with Crippen molar-refractivity contribution in [2.24, 2.45) is 0 Å². The zero-order valence-corrected chi connectivity index (χ0v) is 27.7. The second-order valence-electron chi connectivity index (χ2n) is 11.9. The van der Waals surface area contributed by atoms with Crippen LogP contribution in [0.2, 0.25) is 0 Å². The molecule has 1 aromatic rings. The Morgan fingerprint density at radius 3 is 2.53 bits per heavy atom.